The third kappa shape index (κ3) is 3.11. The minimum atomic E-state index is -0.452. The molecule has 1 aliphatic heterocycles. The van der Waals surface area contributed by atoms with E-state index in [1.54, 1.807) is 6.07 Å². The average molecular weight is 271 g/mol. The molecule has 5 nitrogen and oxygen atoms in total. The van der Waals surface area contributed by atoms with E-state index in [4.69, 9.17) is 16.3 Å². The SMILES string of the molecule is CC1CC(Nc2ccc([N+](=O)[O-])cc2Cl)CCO1. The van der Waals surface area contributed by atoms with Crippen molar-refractivity contribution in [2.24, 2.45) is 0 Å². The van der Waals surface area contributed by atoms with Gasteiger partial charge in [0.05, 0.1) is 21.7 Å². The van der Waals surface area contributed by atoms with Crippen molar-refractivity contribution in [3.63, 3.8) is 0 Å². The van der Waals surface area contributed by atoms with E-state index in [1.807, 2.05) is 6.92 Å². The fraction of sp³-hybridized carbons (Fsp3) is 0.500. The molecule has 0 bridgehead atoms. The Hall–Kier alpha value is -1.33. The van der Waals surface area contributed by atoms with Crippen molar-refractivity contribution >= 4 is 23.0 Å². The summed E-state index contributed by atoms with van der Waals surface area (Å²) >= 11 is 6.03. The second kappa shape index (κ2) is 5.54. The molecule has 2 rings (SSSR count). The molecule has 1 N–H and O–H groups in total. The number of nitro groups is 1. The van der Waals surface area contributed by atoms with Crippen LogP contribution in [0, 0.1) is 10.1 Å². The van der Waals surface area contributed by atoms with Crippen LogP contribution in [0.2, 0.25) is 5.02 Å². The molecule has 6 heteroatoms. The molecule has 1 fully saturated rings. The maximum atomic E-state index is 10.6. The number of hydrogen-bond donors (Lipinski definition) is 1. The molecule has 0 amide bonds. The fourth-order valence-corrected chi connectivity index (χ4v) is 2.31. The molecule has 1 saturated heterocycles. The zero-order valence-electron chi connectivity index (χ0n) is 10.1. The van der Waals surface area contributed by atoms with Gasteiger partial charge >= 0.3 is 0 Å². The Bertz CT molecular complexity index is 453. The normalized spacial score (nSPS) is 23.7. The first-order chi connectivity index (χ1) is 8.56. The molecule has 2 unspecified atom stereocenters. The van der Waals surface area contributed by atoms with Crippen LogP contribution in [0.3, 0.4) is 0 Å². The Morgan fingerprint density at radius 2 is 2.33 bits per heavy atom. The molecule has 0 aliphatic carbocycles. The number of rotatable bonds is 3. The molecule has 18 heavy (non-hydrogen) atoms. The smallest absolute Gasteiger partial charge is 0.271 e. The van der Waals surface area contributed by atoms with E-state index >= 15 is 0 Å². The summed E-state index contributed by atoms with van der Waals surface area (Å²) < 4.78 is 5.46. The van der Waals surface area contributed by atoms with Crippen molar-refractivity contribution in [2.75, 3.05) is 11.9 Å². The van der Waals surface area contributed by atoms with Crippen molar-refractivity contribution < 1.29 is 9.66 Å². The molecule has 1 aromatic carbocycles. The number of nitrogens with one attached hydrogen (secondary N) is 1. The molecule has 98 valence electrons. The van der Waals surface area contributed by atoms with Gasteiger partial charge in [0.2, 0.25) is 0 Å². The molecule has 0 spiro atoms. The highest BCUT2D eigenvalue weighted by Crippen LogP contribution is 2.28. The first kappa shape index (κ1) is 13.1. The average Bonchev–Trinajstić information content (AvgIpc) is 2.31. The van der Waals surface area contributed by atoms with Gasteiger partial charge in [-0.3, -0.25) is 10.1 Å². The van der Waals surface area contributed by atoms with Gasteiger partial charge in [-0.05, 0) is 25.8 Å². The Morgan fingerprint density at radius 3 is 2.94 bits per heavy atom. The van der Waals surface area contributed by atoms with Gasteiger partial charge < -0.3 is 10.1 Å². The van der Waals surface area contributed by atoms with Gasteiger partial charge in [-0.15, -0.1) is 0 Å². The van der Waals surface area contributed by atoms with Gasteiger partial charge in [0.1, 0.15) is 0 Å². The van der Waals surface area contributed by atoms with E-state index in [-0.39, 0.29) is 11.8 Å². The first-order valence-corrected chi connectivity index (χ1v) is 6.26. The molecular formula is C12H15ClN2O3. The van der Waals surface area contributed by atoms with Crippen LogP contribution in [0.1, 0.15) is 19.8 Å². The maximum absolute atomic E-state index is 10.6. The third-order valence-electron chi connectivity index (χ3n) is 3.01. The predicted octanol–water partition coefficient (Wildman–Crippen LogP) is 3.23. The van der Waals surface area contributed by atoms with Gasteiger partial charge in [0.25, 0.3) is 5.69 Å². The summed E-state index contributed by atoms with van der Waals surface area (Å²) in [5.41, 5.74) is 0.743. The van der Waals surface area contributed by atoms with E-state index in [0.29, 0.717) is 11.1 Å². The van der Waals surface area contributed by atoms with Crippen molar-refractivity contribution in [3.05, 3.63) is 33.3 Å². The van der Waals surface area contributed by atoms with Crippen molar-refractivity contribution in [1.82, 2.24) is 0 Å². The van der Waals surface area contributed by atoms with E-state index < -0.39 is 4.92 Å². The van der Waals surface area contributed by atoms with Crippen LogP contribution in [0.15, 0.2) is 18.2 Å². The second-order valence-corrected chi connectivity index (χ2v) is 4.88. The molecular weight excluding hydrogens is 256 g/mol. The Kier molecular flexibility index (Phi) is 4.04. The Labute approximate surface area is 110 Å². The summed E-state index contributed by atoms with van der Waals surface area (Å²) in [5, 5.41) is 14.3. The van der Waals surface area contributed by atoms with Crippen LogP contribution in [-0.2, 0) is 4.74 Å². The summed E-state index contributed by atoms with van der Waals surface area (Å²) in [6, 6.07) is 4.78. The van der Waals surface area contributed by atoms with Gasteiger partial charge in [-0.25, -0.2) is 0 Å². The lowest BCUT2D eigenvalue weighted by atomic mass is 10.0. The zero-order valence-corrected chi connectivity index (χ0v) is 10.8. The first-order valence-electron chi connectivity index (χ1n) is 5.88. The molecule has 0 aromatic heterocycles. The molecule has 0 radical (unpaired) electrons. The number of halogens is 1. The van der Waals surface area contributed by atoms with Gasteiger partial charge in [-0.1, -0.05) is 11.6 Å². The van der Waals surface area contributed by atoms with Gasteiger partial charge in [0, 0.05) is 24.8 Å². The summed E-state index contributed by atoms with van der Waals surface area (Å²) in [6.45, 7) is 2.76. The minimum absolute atomic E-state index is 0.00546. The lowest BCUT2D eigenvalue weighted by Crippen LogP contribution is -2.32. The minimum Gasteiger partial charge on any atom is -0.381 e. The molecule has 1 heterocycles. The van der Waals surface area contributed by atoms with Crippen LogP contribution < -0.4 is 5.32 Å². The van der Waals surface area contributed by atoms with Crippen LogP contribution in [0.4, 0.5) is 11.4 Å². The zero-order chi connectivity index (χ0) is 13.1. The van der Waals surface area contributed by atoms with Crippen molar-refractivity contribution in [1.29, 1.82) is 0 Å². The fourth-order valence-electron chi connectivity index (χ4n) is 2.08. The van der Waals surface area contributed by atoms with Gasteiger partial charge in [-0.2, -0.15) is 0 Å². The Balaban J connectivity index is 2.07. The molecule has 2 atom stereocenters. The number of anilines is 1. The van der Waals surface area contributed by atoms with Crippen molar-refractivity contribution in [2.45, 2.75) is 31.9 Å². The summed E-state index contributed by atoms with van der Waals surface area (Å²) in [5.74, 6) is 0. The molecule has 1 aromatic rings. The van der Waals surface area contributed by atoms with E-state index in [9.17, 15) is 10.1 Å². The lowest BCUT2D eigenvalue weighted by molar-refractivity contribution is -0.384. The van der Waals surface area contributed by atoms with Crippen LogP contribution in [-0.4, -0.2) is 23.7 Å². The maximum Gasteiger partial charge on any atom is 0.271 e. The number of nitrogens with zero attached hydrogens (tertiary/aromatic N) is 1. The van der Waals surface area contributed by atoms with Gasteiger partial charge in [0.15, 0.2) is 0 Å². The second-order valence-electron chi connectivity index (χ2n) is 4.47. The topological polar surface area (TPSA) is 64.4 Å². The summed E-state index contributed by atoms with van der Waals surface area (Å²) in [6.07, 6.45) is 2.05. The number of non-ortho nitro benzene ring substituents is 1. The molecule has 1 aliphatic rings. The highest BCUT2D eigenvalue weighted by atomic mass is 35.5. The highest BCUT2D eigenvalue weighted by molar-refractivity contribution is 6.33. The standard InChI is InChI=1S/C12H15ClN2O3/c1-8-6-9(4-5-18-8)14-12-3-2-10(15(16)17)7-11(12)13/h2-3,7-9,14H,4-6H2,1H3. The summed E-state index contributed by atoms with van der Waals surface area (Å²) in [4.78, 5) is 10.2. The van der Waals surface area contributed by atoms with Crippen LogP contribution in [0.25, 0.3) is 0 Å². The van der Waals surface area contributed by atoms with Crippen LogP contribution in [0.5, 0.6) is 0 Å². The predicted molar refractivity (Wildman–Crippen MR) is 70.2 cm³/mol. The molecule has 0 saturated carbocycles. The Morgan fingerprint density at radius 1 is 1.56 bits per heavy atom. The number of ether oxygens (including phenoxy) is 1. The third-order valence-corrected chi connectivity index (χ3v) is 3.32. The number of hydrogen-bond acceptors (Lipinski definition) is 4. The quantitative estimate of drug-likeness (QED) is 0.676. The van der Waals surface area contributed by atoms with E-state index in [0.717, 1.165) is 25.1 Å². The monoisotopic (exact) mass is 270 g/mol. The largest absolute Gasteiger partial charge is 0.381 e. The van der Waals surface area contributed by atoms with Crippen LogP contribution >= 0.6 is 11.6 Å². The number of benzene rings is 1. The van der Waals surface area contributed by atoms with Crippen molar-refractivity contribution in [3.8, 4) is 0 Å². The van der Waals surface area contributed by atoms with E-state index in [2.05, 4.69) is 5.32 Å². The van der Waals surface area contributed by atoms with E-state index in [1.165, 1.54) is 12.1 Å². The number of nitro benzene ring substituents is 1. The lowest BCUT2D eigenvalue weighted by Gasteiger charge is -2.28. The highest BCUT2D eigenvalue weighted by Gasteiger charge is 2.20. The summed E-state index contributed by atoms with van der Waals surface area (Å²) in [7, 11) is 0.